The smallest absolute Gasteiger partial charge is 0.123 e. The maximum Gasteiger partial charge on any atom is 0.123 e. The molecule has 0 aliphatic carbocycles. The third-order valence-electron chi connectivity index (χ3n) is 6.63. The van der Waals surface area contributed by atoms with Crippen molar-refractivity contribution in [2.45, 2.75) is 25.9 Å². The number of piperazine rings is 1. The number of hydrogen-bond donors (Lipinski definition) is 2. The molecule has 2 N–H and O–H groups in total. The van der Waals surface area contributed by atoms with Gasteiger partial charge >= 0.3 is 0 Å². The molecule has 0 bridgehead atoms. The van der Waals surface area contributed by atoms with E-state index in [9.17, 15) is 9.50 Å². The van der Waals surface area contributed by atoms with Gasteiger partial charge in [0.2, 0.25) is 0 Å². The summed E-state index contributed by atoms with van der Waals surface area (Å²) in [5, 5.41) is 19.0. The minimum absolute atomic E-state index is 0.235. The van der Waals surface area contributed by atoms with Gasteiger partial charge in [0.15, 0.2) is 0 Å². The number of aliphatic hydroxyl groups is 1. The van der Waals surface area contributed by atoms with E-state index in [0.29, 0.717) is 6.54 Å². The van der Waals surface area contributed by atoms with E-state index in [1.807, 2.05) is 18.2 Å². The van der Waals surface area contributed by atoms with E-state index in [1.54, 1.807) is 29.7 Å². The lowest BCUT2D eigenvalue weighted by atomic mass is 10.0. The molecule has 1 aliphatic heterocycles. The van der Waals surface area contributed by atoms with Crippen LogP contribution >= 0.6 is 11.3 Å². The minimum atomic E-state index is -0.544. The average molecular weight is 510 g/mol. The van der Waals surface area contributed by atoms with E-state index in [4.69, 9.17) is 4.74 Å². The van der Waals surface area contributed by atoms with Crippen molar-refractivity contribution in [3.05, 3.63) is 65.2 Å². The van der Waals surface area contributed by atoms with Crippen LogP contribution in [0.2, 0.25) is 0 Å². The van der Waals surface area contributed by atoms with Crippen LogP contribution < -0.4 is 4.74 Å². The number of aromatic nitrogens is 3. The quantitative estimate of drug-likeness (QED) is 0.337. The number of β-amino-alcohol motifs (C(OH)–C–C–N with tert-alkyl or cyclic N) is 1. The zero-order valence-electron chi connectivity index (χ0n) is 20.5. The monoisotopic (exact) mass is 509 g/mol. The van der Waals surface area contributed by atoms with Crippen LogP contribution in [-0.2, 0) is 12.8 Å². The first kappa shape index (κ1) is 24.8. The summed E-state index contributed by atoms with van der Waals surface area (Å²) in [6.45, 7) is 7.63. The van der Waals surface area contributed by atoms with Gasteiger partial charge in [0.05, 0.1) is 21.4 Å². The lowest BCUT2D eigenvalue weighted by molar-refractivity contribution is 0.0463. The second kappa shape index (κ2) is 11.5. The summed E-state index contributed by atoms with van der Waals surface area (Å²) in [4.78, 5) is 9.34. The van der Waals surface area contributed by atoms with Crippen molar-refractivity contribution in [3.8, 4) is 16.9 Å². The highest BCUT2D eigenvalue weighted by Crippen LogP contribution is 2.26. The van der Waals surface area contributed by atoms with E-state index in [-0.39, 0.29) is 12.4 Å². The molecule has 190 valence electrons. The first-order valence-corrected chi connectivity index (χ1v) is 13.3. The Balaban J connectivity index is 1.04. The van der Waals surface area contributed by atoms with Gasteiger partial charge in [-0.25, -0.2) is 9.37 Å². The Kier molecular flexibility index (Phi) is 7.91. The van der Waals surface area contributed by atoms with Gasteiger partial charge in [-0.15, -0.1) is 11.3 Å². The third-order valence-corrected chi connectivity index (χ3v) is 7.81. The Labute approximate surface area is 214 Å². The molecule has 5 rings (SSSR count). The molecule has 3 heterocycles. The van der Waals surface area contributed by atoms with Crippen molar-refractivity contribution < 1.29 is 14.2 Å². The molecular formula is C27H32FN5O2S. The number of aromatic amines is 1. The highest BCUT2D eigenvalue weighted by molar-refractivity contribution is 7.18. The molecule has 1 fully saturated rings. The number of aliphatic hydroxyl groups excluding tert-OH is 1. The number of halogens is 1. The van der Waals surface area contributed by atoms with Crippen LogP contribution in [0.1, 0.15) is 17.6 Å². The normalized spacial score (nSPS) is 16.0. The second-order valence-corrected chi connectivity index (χ2v) is 10.3. The Morgan fingerprint density at radius 3 is 2.67 bits per heavy atom. The predicted molar refractivity (Wildman–Crippen MR) is 141 cm³/mol. The maximum absolute atomic E-state index is 13.3. The molecule has 0 amide bonds. The van der Waals surface area contributed by atoms with Crippen LogP contribution in [0, 0.1) is 5.82 Å². The first-order valence-electron chi connectivity index (χ1n) is 12.5. The van der Waals surface area contributed by atoms with Crippen molar-refractivity contribution in [2.24, 2.45) is 0 Å². The average Bonchev–Trinajstić information content (AvgIpc) is 3.54. The van der Waals surface area contributed by atoms with E-state index in [1.165, 1.54) is 12.1 Å². The number of H-pyrrole nitrogens is 1. The van der Waals surface area contributed by atoms with E-state index >= 15 is 0 Å². The Morgan fingerprint density at radius 1 is 1.11 bits per heavy atom. The number of aryl methyl sites for hydroxylation is 1. The number of ether oxygens (including phenoxy) is 1. The van der Waals surface area contributed by atoms with Crippen LogP contribution in [0.25, 0.3) is 21.3 Å². The SMILES string of the molecule is CCc1nc2cc(OCC(O)CN3CCN(CCc4[nH]ncc4-c4ccc(F)cc4)CC3)ccc2s1. The van der Waals surface area contributed by atoms with Gasteiger partial charge in [-0.3, -0.25) is 10.00 Å². The number of fused-ring (bicyclic) bond motifs is 1. The van der Waals surface area contributed by atoms with Crippen LogP contribution in [-0.4, -0.2) is 82.1 Å². The topological polar surface area (TPSA) is 77.5 Å². The summed E-state index contributed by atoms with van der Waals surface area (Å²) in [6, 6.07) is 12.5. The summed E-state index contributed by atoms with van der Waals surface area (Å²) < 4.78 is 20.3. The van der Waals surface area contributed by atoms with Crippen molar-refractivity contribution in [1.82, 2.24) is 25.0 Å². The Morgan fingerprint density at radius 2 is 1.89 bits per heavy atom. The minimum Gasteiger partial charge on any atom is -0.491 e. The third kappa shape index (κ3) is 6.10. The highest BCUT2D eigenvalue weighted by Gasteiger charge is 2.20. The van der Waals surface area contributed by atoms with Gasteiger partial charge in [0.1, 0.15) is 24.3 Å². The molecule has 1 saturated heterocycles. The highest BCUT2D eigenvalue weighted by atomic mass is 32.1. The van der Waals surface area contributed by atoms with Crippen LogP contribution in [0.3, 0.4) is 0 Å². The Bertz CT molecular complexity index is 1270. The maximum atomic E-state index is 13.3. The predicted octanol–water partition coefficient (Wildman–Crippen LogP) is 3.99. The molecule has 7 nitrogen and oxygen atoms in total. The molecule has 36 heavy (non-hydrogen) atoms. The number of hydrogen-bond acceptors (Lipinski definition) is 7. The molecule has 2 aromatic heterocycles. The van der Waals surface area contributed by atoms with E-state index in [0.717, 1.165) is 83.4 Å². The lowest BCUT2D eigenvalue weighted by Gasteiger charge is -2.35. The number of nitrogens with one attached hydrogen (secondary N) is 1. The molecule has 1 unspecified atom stereocenters. The van der Waals surface area contributed by atoms with Crippen LogP contribution in [0.15, 0.2) is 48.7 Å². The van der Waals surface area contributed by atoms with Gasteiger partial charge < -0.3 is 14.7 Å². The van der Waals surface area contributed by atoms with Crippen LogP contribution in [0.4, 0.5) is 4.39 Å². The Hall–Kier alpha value is -2.85. The summed E-state index contributed by atoms with van der Waals surface area (Å²) in [5.74, 6) is 0.513. The number of nitrogens with zero attached hydrogens (tertiary/aromatic N) is 4. The molecule has 4 aromatic rings. The number of benzene rings is 2. The zero-order chi connectivity index (χ0) is 24.9. The van der Waals surface area contributed by atoms with Gasteiger partial charge in [0, 0.05) is 63.0 Å². The fraction of sp³-hybridized carbons (Fsp3) is 0.407. The van der Waals surface area contributed by atoms with E-state index < -0.39 is 6.10 Å². The second-order valence-electron chi connectivity index (χ2n) is 9.22. The van der Waals surface area contributed by atoms with Gasteiger partial charge in [-0.1, -0.05) is 19.1 Å². The van der Waals surface area contributed by atoms with E-state index in [2.05, 4.69) is 31.9 Å². The van der Waals surface area contributed by atoms with Crippen molar-refractivity contribution >= 4 is 21.6 Å². The molecule has 0 radical (unpaired) electrons. The molecule has 2 aromatic carbocycles. The first-order chi connectivity index (χ1) is 17.6. The van der Waals surface area contributed by atoms with Crippen molar-refractivity contribution in [1.29, 1.82) is 0 Å². The molecular weight excluding hydrogens is 477 g/mol. The summed E-state index contributed by atoms with van der Waals surface area (Å²) in [7, 11) is 0. The van der Waals surface area contributed by atoms with Gasteiger partial charge in [-0.05, 0) is 36.2 Å². The van der Waals surface area contributed by atoms with Crippen molar-refractivity contribution in [2.75, 3.05) is 45.9 Å². The van der Waals surface area contributed by atoms with Gasteiger partial charge in [0.25, 0.3) is 0 Å². The summed E-state index contributed by atoms with van der Waals surface area (Å²) in [6.07, 6.45) is 3.05. The zero-order valence-corrected chi connectivity index (χ0v) is 21.3. The summed E-state index contributed by atoms with van der Waals surface area (Å²) >= 11 is 1.71. The largest absolute Gasteiger partial charge is 0.491 e. The molecule has 0 saturated carbocycles. The van der Waals surface area contributed by atoms with Crippen molar-refractivity contribution in [3.63, 3.8) is 0 Å². The fourth-order valence-corrected chi connectivity index (χ4v) is 5.47. The molecule has 9 heteroatoms. The standard InChI is InChI=1S/C27H32FN5O2S/c1-2-27-30-25-15-22(7-8-26(25)36-27)35-18-21(34)17-33-13-11-32(12-14-33)10-9-24-23(16-29-31-24)19-3-5-20(28)6-4-19/h3-8,15-16,21,34H,2,9-14,17-18H2,1H3,(H,29,31). The number of rotatable bonds is 10. The summed E-state index contributed by atoms with van der Waals surface area (Å²) in [5.41, 5.74) is 4.02. The molecule has 1 aliphatic rings. The molecule has 0 spiro atoms. The lowest BCUT2D eigenvalue weighted by Crippen LogP contribution is -2.49. The van der Waals surface area contributed by atoms with Crippen LogP contribution in [0.5, 0.6) is 5.75 Å². The number of thiazole rings is 1. The fourth-order valence-electron chi connectivity index (χ4n) is 4.59. The van der Waals surface area contributed by atoms with Gasteiger partial charge in [-0.2, -0.15) is 5.10 Å². The molecule has 1 atom stereocenters.